The molecular formula is C4H11NNa2O3. The Bertz CT molecular complexity index is 88.7. The number of hydrogen-bond acceptors (Lipinski definition) is 3. The van der Waals surface area contributed by atoms with Crippen molar-refractivity contribution in [3.05, 3.63) is 0 Å². The number of hydrogen-bond donors (Lipinski definition) is 2. The Kier molecular flexibility index (Phi) is 22.7. The van der Waals surface area contributed by atoms with E-state index in [0.717, 1.165) is 0 Å². The monoisotopic (exact) mass is 167 g/mol. The minimum atomic E-state index is -0.918. The van der Waals surface area contributed by atoms with Crippen LogP contribution in [0.5, 0.6) is 0 Å². The third-order valence-corrected chi connectivity index (χ3v) is 0.470. The Hall–Kier alpha value is 1.39. The van der Waals surface area contributed by atoms with Gasteiger partial charge in [-0.2, -0.15) is 5.48 Å². The van der Waals surface area contributed by atoms with Gasteiger partial charge in [0.15, 0.2) is 0 Å². The van der Waals surface area contributed by atoms with Crippen molar-refractivity contribution in [3.8, 4) is 0 Å². The molecule has 10 heavy (non-hydrogen) atoms. The van der Waals surface area contributed by atoms with Crippen molar-refractivity contribution in [2.24, 2.45) is 0 Å². The van der Waals surface area contributed by atoms with Gasteiger partial charge >= 0.3 is 65.1 Å². The van der Waals surface area contributed by atoms with Gasteiger partial charge in [-0.1, -0.05) is 0 Å². The van der Waals surface area contributed by atoms with Gasteiger partial charge < -0.3 is 12.8 Å². The first-order valence-corrected chi connectivity index (χ1v) is 2.33. The van der Waals surface area contributed by atoms with Crippen molar-refractivity contribution in [1.82, 2.24) is 5.48 Å². The van der Waals surface area contributed by atoms with Crippen LogP contribution in [0.4, 0.5) is 0 Å². The number of carbonyl (C=O) groups is 1. The van der Waals surface area contributed by atoms with Gasteiger partial charge in [0.25, 0.3) is 0 Å². The molecule has 0 aromatic carbocycles. The van der Waals surface area contributed by atoms with Crippen LogP contribution in [0.25, 0.3) is 0 Å². The molecule has 0 aromatic heterocycles. The fourth-order valence-electron chi connectivity index (χ4n) is 0.215. The summed E-state index contributed by atoms with van der Waals surface area (Å²) < 4.78 is 0. The fourth-order valence-corrected chi connectivity index (χ4v) is 0.215. The van der Waals surface area contributed by atoms with Crippen LogP contribution in [0, 0.1) is 0 Å². The van der Waals surface area contributed by atoms with E-state index in [2.05, 4.69) is 10.3 Å². The van der Waals surface area contributed by atoms with Crippen LogP contribution in [0.3, 0.4) is 0 Å². The van der Waals surface area contributed by atoms with Gasteiger partial charge in [-0.05, 0) is 6.92 Å². The van der Waals surface area contributed by atoms with E-state index in [4.69, 9.17) is 5.11 Å². The van der Waals surface area contributed by atoms with E-state index in [-0.39, 0.29) is 68.5 Å². The molecule has 0 aliphatic carbocycles. The molecule has 0 radical (unpaired) electrons. The van der Waals surface area contributed by atoms with E-state index in [0.29, 0.717) is 6.61 Å². The maximum Gasteiger partial charge on any atom is 1.00 e. The summed E-state index contributed by atoms with van der Waals surface area (Å²) in [5.41, 5.74) is 2.23. The number of carboxylic acid groups (broad SMARTS) is 1. The normalized spacial score (nSPS) is 7.30. The van der Waals surface area contributed by atoms with Crippen molar-refractivity contribution < 1.29 is 76.7 Å². The molecule has 0 saturated carbocycles. The van der Waals surface area contributed by atoms with E-state index in [1.165, 1.54) is 0 Å². The molecule has 0 heterocycles. The summed E-state index contributed by atoms with van der Waals surface area (Å²) in [6, 6.07) is 0. The average molecular weight is 167 g/mol. The Morgan fingerprint density at radius 1 is 1.70 bits per heavy atom. The molecule has 2 N–H and O–H groups in total. The standard InChI is InChI=1S/C4H9NO3.2Na.2H/c1-2-8-5-3-4(6)7;;;;/h5H,2-3H2,1H3,(H,6,7);;;;/q;2*+1;2*-1. The SMILES string of the molecule is CCONCC(=O)O.[H-].[H-].[Na+].[Na+]. The van der Waals surface area contributed by atoms with Crippen LogP contribution in [0.15, 0.2) is 0 Å². The van der Waals surface area contributed by atoms with Crippen molar-refractivity contribution in [2.75, 3.05) is 13.2 Å². The first-order chi connectivity index (χ1) is 3.77. The van der Waals surface area contributed by atoms with E-state index in [1.807, 2.05) is 0 Å². The van der Waals surface area contributed by atoms with Crippen LogP contribution in [-0.2, 0) is 9.63 Å². The van der Waals surface area contributed by atoms with Crippen LogP contribution >= 0.6 is 0 Å². The van der Waals surface area contributed by atoms with Gasteiger partial charge in [0.2, 0.25) is 0 Å². The maximum atomic E-state index is 9.73. The molecule has 0 amide bonds. The number of carboxylic acids is 1. The third-order valence-electron chi connectivity index (χ3n) is 0.470. The molecule has 0 aromatic rings. The van der Waals surface area contributed by atoms with Gasteiger partial charge in [-0.3, -0.25) is 4.79 Å². The Balaban J connectivity index is -0.0000000408. The second-order valence-corrected chi connectivity index (χ2v) is 1.15. The largest absolute Gasteiger partial charge is 1.00 e. The Morgan fingerprint density at radius 3 is 2.50 bits per heavy atom. The number of hydroxylamine groups is 1. The van der Waals surface area contributed by atoms with Crippen LogP contribution in [0.1, 0.15) is 9.78 Å². The summed E-state index contributed by atoms with van der Waals surface area (Å²) >= 11 is 0. The van der Waals surface area contributed by atoms with Crippen molar-refractivity contribution >= 4 is 5.97 Å². The summed E-state index contributed by atoms with van der Waals surface area (Å²) in [5.74, 6) is -0.918. The van der Waals surface area contributed by atoms with Crippen LogP contribution in [0.2, 0.25) is 0 Å². The zero-order valence-electron chi connectivity index (χ0n) is 8.68. The number of rotatable bonds is 4. The molecule has 6 heteroatoms. The number of aliphatic carboxylic acids is 1. The fraction of sp³-hybridized carbons (Fsp3) is 0.750. The molecule has 0 saturated heterocycles. The van der Waals surface area contributed by atoms with Gasteiger partial charge in [0, 0.05) is 0 Å². The summed E-state index contributed by atoms with van der Waals surface area (Å²) in [7, 11) is 0. The minimum Gasteiger partial charge on any atom is -1.00 e. The molecule has 0 unspecified atom stereocenters. The minimum absolute atomic E-state index is 0. The van der Waals surface area contributed by atoms with E-state index < -0.39 is 5.97 Å². The second-order valence-electron chi connectivity index (χ2n) is 1.15. The predicted octanol–water partition coefficient (Wildman–Crippen LogP) is -6.15. The first kappa shape index (κ1) is 17.5. The predicted molar refractivity (Wildman–Crippen MR) is 29.5 cm³/mol. The summed E-state index contributed by atoms with van der Waals surface area (Å²) in [6.07, 6.45) is 0. The van der Waals surface area contributed by atoms with E-state index in [1.54, 1.807) is 6.92 Å². The van der Waals surface area contributed by atoms with Crippen molar-refractivity contribution in [3.63, 3.8) is 0 Å². The zero-order valence-corrected chi connectivity index (χ0v) is 10.7. The van der Waals surface area contributed by atoms with Crippen LogP contribution in [-0.4, -0.2) is 24.2 Å². The molecule has 0 aliphatic rings. The van der Waals surface area contributed by atoms with Crippen LogP contribution < -0.4 is 64.6 Å². The van der Waals surface area contributed by atoms with Gasteiger partial charge in [-0.25, -0.2) is 0 Å². The molecule has 0 spiro atoms. The summed E-state index contributed by atoms with van der Waals surface area (Å²) in [5, 5.41) is 8.00. The van der Waals surface area contributed by atoms with Gasteiger partial charge in [0.05, 0.1) is 6.61 Å². The molecule has 0 aliphatic heterocycles. The Labute approximate surface area is 107 Å². The zero-order chi connectivity index (χ0) is 6.41. The number of nitrogens with one attached hydrogen (secondary N) is 1. The van der Waals surface area contributed by atoms with E-state index >= 15 is 0 Å². The maximum absolute atomic E-state index is 9.73. The average Bonchev–Trinajstić information content (AvgIpc) is 1.66. The summed E-state index contributed by atoms with van der Waals surface area (Å²) in [4.78, 5) is 14.2. The topological polar surface area (TPSA) is 58.6 Å². The molecule has 0 rings (SSSR count). The summed E-state index contributed by atoms with van der Waals surface area (Å²) in [6.45, 7) is 2.11. The molecule has 0 fully saturated rings. The van der Waals surface area contributed by atoms with Crippen molar-refractivity contribution in [1.29, 1.82) is 0 Å². The molecule has 0 bridgehead atoms. The first-order valence-electron chi connectivity index (χ1n) is 2.33. The van der Waals surface area contributed by atoms with Gasteiger partial charge in [0.1, 0.15) is 6.54 Å². The van der Waals surface area contributed by atoms with Gasteiger partial charge in [-0.15, -0.1) is 0 Å². The molecule has 0 atom stereocenters. The second kappa shape index (κ2) is 13.0. The molecule has 4 nitrogen and oxygen atoms in total. The Morgan fingerprint density at radius 2 is 2.20 bits per heavy atom. The quantitative estimate of drug-likeness (QED) is 0.248. The third kappa shape index (κ3) is 16.2. The molecular weight excluding hydrogens is 156 g/mol. The van der Waals surface area contributed by atoms with Crippen molar-refractivity contribution in [2.45, 2.75) is 6.92 Å². The smallest absolute Gasteiger partial charge is 1.00 e. The molecule has 52 valence electrons. The van der Waals surface area contributed by atoms with E-state index in [9.17, 15) is 4.79 Å².